The number of urea groups is 1. The third kappa shape index (κ3) is 5.90. The summed E-state index contributed by atoms with van der Waals surface area (Å²) in [5, 5.41) is 8.04. The second-order valence-electron chi connectivity index (χ2n) is 4.70. The van der Waals surface area contributed by atoms with Gasteiger partial charge in [-0.1, -0.05) is 30.3 Å². The van der Waals surface area contributed by atoms with Gasteiger partial charge in [0.15, 0.2) is 0 Å². The molecule has 1 rings (SSSR count). The first-order valence-electron chi connectivity index (χ1n) is 6.37. The van der Waals surface area contributed by atoms with Gasteiger partial charge in [0.1, 0.15) is 6.04 Å². The van der Waals surface area contributed by atoms with Crippen LogP contribution in [0.25, 0.3) is 0 Å². The number of rotatable bonds is 5. The summed E-state index contributed by atoms with van der Waals surface area (Å²) in [5.41, 5.74) is 1.01. The summed E-state index contributed by atoms with van der Waals surface area (Å²) in [6.07, 6.45) is 0. The molecular formula is C14H21N3O2. The van der Waals surface area contributed by atoms with Crippen LogP contribution >= 0.6 is 0 Å². The Morgan fingerprint density at radius 3 is 2.26 bits per heavy atom. The molecule has 5 nitrogen and oxygen atoms in total. The molecule has 0 spiro atoms. The van der Waals surface area contributed by atoms with Crippen molar-refractivity contribution in [3.8, 4) is 0 Å². The third-order valence-corrected chi connectivity index (χ3v) is 2.47. The largest absolute Gasteiger partial charge is 0.352 e. The standard InChI is InChI=1S/C14H21N3O2/c1-10(2)16-13(18)11(3)17-14(19)15-9-12-7-5-4-6-8-12/h4-8,10-11H,9H2,1-3H3,(H,16,18)(H2,15,17,19). The van der Waals surface area contributed by atoms with Crippen LogP contribution in [0.15, 0.2) is 30.3 Å². The molecule has 0 aliphatic carbocycles. The topological polar surface area (TPSA) is 70.2 Å². The van der Waals surface area contributed by atoms with Crippen molar-refractivity contribution < 1.29 is 9.59 Å². The Bertz CT molecular complexity index is 418. The van der Waals surface area contributed by atoms with Gasteiger partial charge in [0.25, 0.3) is 0 Å². The van der Waals surface area contributed by atoms with E-state index in [0.717, 1.165) is 5.56 Å². The molecule has 5 heteroatoms. The number of hydrogen-bond donors (Lipinski definition) is 3. The van der Waals surface area contributed by atoms with Crippen LogP contribution in [0.1, 0.15) is 26.3 Å². The fraction of sp³-hybridized carbons (Fsp3) is 0.429. The highest BCUT2D eigenvalue weighted by Gasteiger charge is 2.15. The minimum atomic E-state index is -0.557. The molecule has 19 heavy (non-hydrogen) atoms. The van der Waals surface area contributed by atoms with Gasteiger partial charge in [0.05, 0.1) is 0 Å². The van der Waals surface area contributed by atoms with E-state index >= 15 is 0 Å². The molecule has 1 unspecified atom stereocenters. The molecule has 3 N–H and O–H groups in total. The van der Waals surface area contributed by atoms with Crippen LogP contribution in [0.3, 0.4) is 0 Å². The Kier molecular flexibility index (Phi) is 5.85. The Hall–Kier alpha value is -2.04. The van der Waals surface area contributed by atoms with Crippen LogP contribution in [0.5, 0.6) is 0 Å². The van der Waals surface area contributed by atoms with Crippen LogP contribution in [-0.4, -0.2) is 24.0 Å². The van der Waals surface area contributed by atoms with E-state index < -0.39 is 6.04 Å². The zero-order valence-corrected chi connectivity index (χ0v) is 11.6. The van der Waals surface area contributed by atoms with Gasteiger partial charge in [-0.05, 0) is 26.3 Å². The molecule has 1 aromatic rings. The maximum Gasteiger partial charge on any atom is 0.315 e. The average Bonchev–Trinajstić information content (AvgIpc) is 2.36. The average molecular weight is 263 g/mol. The van der Waals surface area contributed by atoms with Gasteiger partial charge in [-0.3, -0.25) is 4.79 Å². The first-order chi connectivity index (χ1) is 8.99. The SMILES string of the molecule is CC(C)NC(=O)C(C)NC(=O)NCc1ccccc1. The lowest BCUT2D eigenvalue weighted by atomic mass is 10.2. The van der Waals surface area contributed by atoms with Crippen molar-refractivity contribution in [3.63, 3.8) is 0 Å². The van der Waals surface area contributed by atoms with E-state index in [1.165, 1.54) is 0 Å². The molecule has 1 atom stereocenters. The van der Waals surface area contributed by atoms with Crippen molar-refractivity contribution in [2.75, 3.05) is 0 Å². The Morgan fingerprint density at radius 2 is 1.68 bits per heavy atom. The highest BCUT2D eigenvalue weighted by atomic mass is 16.2. The van der Waals surface area contributed by atoms with Crippen LogP contribution in [-0.2, 0) is 11.3 Å². The van der Waals surface area contributed by atoms with E-state index in [-0.39, 0.29) is 18.0 Å². The number of amides is 3. The highest BCUT2D eigenvalue weighted by molar-refractivity contribution is 5.86. The van der Waals surface area contributed by atoms with Gasteiger partial charge in [-0.15, -0.1) is 0 Å². The summed E-state index contributed by atoms with van der Waals surface area (Å²) in [5.74, 6) is -0.190. The summed E-state index contributed by atoms with van der Waals surface area (Å²) >= 11 is 0. The predicted octanol–water partition coefficient (Wildman–Crippen LogP) is 1.40. The zero-order valence-electron chi connectivity index (χ0n) is 11.6. The quantitative estimate of drug-likeness (QED) is 0.751. The highest BCUT2D eigenvalue weighted by Crippen LogP contribution is 1.97. The van der Waals surface area contributed by atoms with Crippen molar-refractivity contribution in [2.45, 2.75) is 39.4 Å². The first-order valence-corrected chi connectivity index (χ1v) is 6.37. The van der Waals surface area contributed by atoms with Crippen molar-refractivity contribution >= 4 is 11.9 Å². The molecule has 3 amide bonds. The molecule has 0 fully saturated rings. The zero-order chi connectivity index (χ0) is 14.3. The molecule has 0 aliphatic heterocycles. The second kappa shape index (κ2) is 7.41. The van der Waals surface area contributed by atoms with E-state index in [1.54, 1.807) is 6.92 Å². The summed E-state index contributed by atoms with van der Waals surface area (Å²) in [4.78, 5) is 23.2. The summed E-state index contributed by atoms with van der Waals surface area (Å²) in [7, 11) is 0. The van der Waals surface area contributed by atoms with Crippen molar-refractivity contribution in [2.24, 2.45) is 0 Å². The molecular weight excluding hydrogens is 242 g/mol. The monoisotopic (exact) mass is 263 g/mol. The van der Waals surface area contributed by atoms with Gasteiger partial charge >= 0.3 is 6.03 Å². The number of benzene rings is 1. The van der Waals surface area contributed by atoms with Gasteiger partial charge in [-0.2, -0.15) is 0 Å². The lowest BCUT2D eigenvalue weighted by Crippen LogP contribution is -2.49. The van der Waals surface area contributed by atoms with Crippen LogP contribution < -0.4 is 16.0 Å². The maximum absolute atomic E-state index is 11.6. The van der Waals surface area contributed by atoms with E-state index in [0.29, 0.717) is 6.54 Å². The number of carbonyl (C=O) groups excluding carboxylic acids is 2. The van der Waals surface area contributed by atoms with Gasteiger partial charge in [0.2, 0.25) is 5.91 Å². The molecule has 0 bridgehead atoms. The summed E-state index contributed by atoms with van der Waals surface area (Å²) in [6, 6.07) is 8.74. The number of hydrogen-bond acceptors (Lipinski definition) is 2. The summed E-state index contributed by atoms with van der Waals surface area (Å²) < 4.78 is 0. The molecule has 0 heterocycles. The van der Waals surface area contributed by atoms with Gasteiger partial charge in [0, 0.05) is 12.6 Å². The molecule has 1 aromatic carbocycles. The van der Waals surface area contributed by atoms with Crippen molar-refractivity contribution in [3.05, 3.63) is 35.9 Å². The minimum absolute atomic E-state index is 0.0594. The van der Waals surface area contributed by atoms with Crippen LogP contribution in [0.2, 0.25) is 0 Å². The molecule has 0 radical (unpaired) electrons. The normalized spacial score (nSPS) is 11.8. The van der Waals surface area contributed by atoms with Crippen LogP contribution in [0.4, 0.5) is 4.79 Å². The second-order valence-corrected chi connectivity index (χ2v) is 4.70. The fourth-order valence-electron chi connectivity index (χ4n) is 1.50. The first kappa shape index (κ1) is 15.0. The lowest BCUT2D eigenvalue weighted by molar-refractivity contribution is -0.123. The van der Waals surface area contributed by atoms with Gasteiger partial charge < -0.3 is 16.0 Å². The van der Waals surface area contributed by atoms with E-state index in [4.69, 9.17) is 0 Å². The Morgan fingerprint density at radius 1 is 1.05 bits per heavy atom. The molecule has 0 aromatic heterocycles. The molecule has 0 saturated heterocycles. The number of carbonyl (C=O) groups is 2. The lowest BCUT2D eigenvalue weighted by Gasteiger charge is -2.16. The van der Waals surface area contributed by atoms with E-state index in [1.807, 2.05) is 44.2 Å². The van der Waals surface area contributed by atoms with Crippen molar-refractivity contribution in [1.29, 1.82) is 0 Å². The fourth-order valence-corrected chi connectivity index (χ4v) is 1.50. The minimum Gasteiger partial charge on any atom is -0.352 e. The van der Waals surface area contributed by atoms with E-state index in [2.05, 4.69) is 16.0 Å². The third-order valence-electron chi connectivity index (χ3n) is 2.47. The van der Waals surface area contributed by atoms with E-state index in [9.17, 15) is 9.59 Å². The smallest absolute Gasteiger partial charge is 0.315 e. The molecule has 104 valence electrons. The molecule has 0 aliphatic rings. The Balaban J connectivity index is 2.33. The molecule has 0 saturated carbocycles. The number of nitrogens with one attached hydrogen (secondary N) is 3. The van der Waals surface area contributed by atoms with Gasteiger partial charge in [-0.25, -0.2) is 4.79 Å². The van der Waals surface area contributed by atoms with Crippen molar-refractivity contribution in [1.82, 2.24) is 16.0 Å². The summed E-state index contributed by atoms with van der Waals surface area (Å²) in [6.45, 7) is 5.84. The predicted molar refractivity (Wildman–Crippen MR) is 74.6 cm³/mol. The maximum atomic E-state index is 11.6. The van der Waals surface area contributed by atoms with Crippen LogP contribution in [0, 0.1) is 0 Å². The Labute approximate surface area is 113 Å².